The molecule has 1 atom stereocenters. The molecule has 1 unspecified atom stereocenters. The third-order valence-electron chi connectivity index (χ3n) is 3.82. The van der Waals surface area contributed by atoms with Gasteiger partial charge in [0.2, 0.25) is 0 Å². The molecule has 0 bridgehead atoms. The van der Waals surface area contributed by atoms with Gasteiger partial charge < -0.3 is 14.8 Å². The molecule has 16 heavy (non-hydrogen) atoms. The van der Waals surface area contributed by atoms with Crippen molar-refractivity contribution in [3.63, 3.8) is 0 Å². The van der Waals surface area contributed by atoms with Crippen LogP contribution in [0.25, 0.3) is 0 Å². The SMILES string of the molecule is CNC(CCC(C)(C)OC)C1CCOCC1. The Labute approximate surface area is 99.9 Å². The molecule has 1 aliphatic rings. The molecular weight excluding hydrogens is 202 g/mol. The van der Waals surface area contributed by atoms with Gasteiger partial charge in [-0.25, -0.2) is 0 Å². The van der Waals surface area contributed by atoms with Crippen LogP contribution in [-0.2, 0) is 9.47 Å². The predicted octanol–water partition coefficient (Wildman–Crippen LogP) is 2.21. The van der Waals surface area contributed by atoms with Crippen LogP contribution >= 0.6 is 0 Å². The summed E-state index contributed by atoms with van der Waals surface area (Å²) in [6, 6.07) is 0.610. The molecular formula is C13H27NO2. The highest BCUT2D eigenvalue weighted by Gasteiger charge is 2.25. The number of hydrogen-bond acceptors (Lipinski definition) is 3. The highest BCUT2D eigenvalue weighted by molar-refractivity contribution is 4.80. The molecule has 0 aliphatic carbocycles. The van der Waals surface area contributed by atoms with Gasteiger partial charge in [0.05, 0.1) is 5.60 Å². The predicted molar refractivity (Wildman–Crippen MR) is 66.7 cm³/mol. The Hall–Kier alpha value is -0.120. The number of rotatable bonds is 6. The fraction of sp³-hybridized carbons (Fsp3) is 1.00. The van der Waals surface area contributed by atoms with E-state index in [1.165, 1.54) is 19.3 Å². The van der Waals surface area contributed by atoms with Crippen molar-refractivity contribution in [2.45, 2.75) is 51.2 Å². The summed E-state index contributed by atoms with van der Waals surface area (Å²) in [5, 5.41) is 3.46. The van der Waals surface area contributed by atoms with E-state index < -0.39 is 0 Å². The molecule has 0 amide bonds. The Kier molecular flexibility index (Phi) is 5.73. The van der Waals surface area contributed by atoms with E-state index in [-0.39, 0.29) is 5.60 Å². The Morgan fingerprint density at radius 1 is 1.38 bits per heavy atom. The Morgan fingerprint density at radius 2 is 2.00 bits per heavy atom. The number of hydrogen-bond donors (Lipinski definition) is 1. The Bertz CT molecular complexity index is 188. The summed E-state index contributed by atoms with van der Waals surface area (Å²) in [5.41, 5.74) is 0.000265. The van der Waals surface area contributed by atoms with Gasteiger partial charge in [0.25, 0.3) is 0 Å². The number of nitrogens with one attached hydrogen (secondary N) is 1. The van der Waals surface area contributed by atoms with Gasteiger partial charge >= 0.3 is 0 Å². The molecule has 0 spiro atoms. The fourth-order valence-corrected chi connectivity index (χ4v) is 2.34. The van der Waals surface area contributed by atoms with Crippen LogP contribution in [-0.4, -0.2) is 39.0 Å². The maximum absolute atomic E-state index is 5.47. The monoisotopic (exact) mass is 229 g/mol. The molecule has 3 heteroatoms. The van der Waals surface area contributed by atoms with Crippen LogP contribution in [0.2, 0.25) is 0 Å². The van der Waals surface area contributed by atoms with E-state index in [9.17, 15) is 0 Å². The molecule has 1 N–H and O–H groups in total. The lowest BCUT2D eigenvalue weighted by atomic mass is 9.86. The summed E-state index contributed by atoms with van der Waals surface area (Å²) in [7, 11) is 3.86. The largest absolute Gasteiger partial charge is 0.381 e. The molecule has 1 rings (SSSR count). The van der Waals surface area contributed by atoms with Crippen LogP contribution in [0.3, 0.4) is 0 Å². The molecule has 0 saturated carbocycles. The minimum atomic E-state index is 0.000265. The van der Waals surface area contributed by atoms with E-state index in [1.54, 1.807) is 7.11 Å². The van der Waals surface area contributed by atoms with Crippen LogP contribution < -0.4 is 5.32 Å². The summed E-state index contributed by atoms with van der Waals surface area (Å²) in [6.45, 7) is 6.17. The van der Waals surface area contributed by atoms with Crippen molar-refractivity contribution in [2.24, 2.45) is 5.92 Å². The van der Waals surface area contributed by atoms with E-state index in [0.717, 1.165) is 25.6 Å². The third-order valence-corrected chi connectivity index (χ3v) is 3.82. The second-order valence-electron chi connectivity index (χ2n) is 5.35. The van der Waals surface area contributed by atoms with Gasteiger partial charge in [0, 0.05) is 26.4 Å². The van der Waals surface area contributed by atoms with Gasteiger partial charge in [0.1, 0.15) is 0 Å². The summed E-state index contributed by atoms with van der Waals surface area (Å²) in [5.74, 6) is 0.770. The molecule has 3 nitrogen and oxygen atoms in total. The van der Waals surface area contributed by atoms with Gasteiger partial charge in [-0.05, 0) is 52.5 Å². The second-order valence-corrected chi connectivity index (χ2v) is 5.35. The molecule has 0 aromatic rings. The van der Waals surface area contributed by atoms with Crippen LogP contribution in [0.15, 0.2) is 0 Å². The minimum absolute atomic E-state index is 0.000265. The van der Waals surface area contributed by atoms with Crippen LogP contribution in [0, 0.1) is 5.92 Å². The standard InChI is InChI=1S/C13H27NO2/c1-13(2,15-4)8-5-12(14-3)11-6-9-16-10-7-11/h11-12,14H,5-10H2,1-4H3. The molecule has 0 aromatic heterocycles. The summed E-state index contributed by atoms with van der Waals surface area (Å²) in [6.07, 6.45) is 4.67. The van der Waals surface area contributed by atoms with Crippen molar-refractivity contribution in [1.29, 1.82) is 0 Å². The Morgan fingerprint density at radius 3 is 2.50 bits per heavy atom. The highest BCUT2D eigenvalue weighted by atomic mass is 16.5. The third kappa shape index (κ3) is 4.40. The van der Waals surface area contributed by atoms with Crippen LogP contribution in [0.5, 0.6) is 0 Å². The molecule has 96 valence electrons. The van der Waals surface area contributed by atoms with E-state index in [0.29, 0.717) is 6.04 Å². The summed E-state index contributed by atoms with van der Waals surface area (Å²) < 4.78 is 10.9. The minimum Gasteiger partial charge on any atom is -0.381 e. The average molecular weight is 229 g/mol. The van der Waals surface area contributed by atoms with Crippen molar-refractivity contribution in [3.8, 4) is 0 Å². The zero-order valence-electron chi connectivity index (χ0n) is 11.2. The van der Waals surface area contributed by atoms with Crippen LogP contribution in [0.1, 0.15) is 39.5 Å². The smallest absolute Gasteiger partial charge is 0.0623 e. The van der Waals surface area contributed by atoms with E-state index in [2.05, 4.69) is 26.2 Å². The highest BCUT2D eigenvalue weighted by Crippen LogP contribution is 2.25. The molecule has 1 fully saturated rings. The van der Waals surface area contributed by atoms with Crippen molar-refractivity contribution < 1.29 is 9.47 Å². The van der Waals surface area contributed by atoms with E-state index in [4.69, 9.17) is 9.47 Å². The zero-order chi connectivity index (χ0) is 12.0. The first-order valence-corrected chi connectivity index (χ1v) is 6.39. The normalized spacial score (nSPS) is 21.0. The lowest BCUT2D eigenvalue weighted by molar-refractivity contribution is 0.00582. The van der Waals surface area contributed by atoms with Crippen molar-refractivity contribution in [3.05, 3.63) is 0 Å². The fourth-order valence-electron chi connectivity index (χ4n) is 2.34. The average Bonchev–Trinajstić information content (AvgIpc) is 2.31. The summed E-state index contributed by atoms with van der Waals surface area (Å²) >= 11 is 0. The van der Waals surface area contributed by atoms with Gasteiger partial charge in [-0.15, -0.1) is 0 Å². The molecule has 0 radical (unpaired) electrons. The van der Waals surface area contributed by atoms with E-state index >= 15 is 0 Å². The molecule has 1 aliphatic heterocycles. The van der Waals surface area contributed by atoms with E-state index in [1.807, 2.05) is 0 Å². The lowest BCUT2D eigenvalue weighted by Crippen LogP contribution is -2.38. The molecule has 0 aromatic carbocycles. The van der Waals surface area contributed by atoms with Gasteiger partial charge in [-0.3, -0.25) is 0 Å². The van der Waals surface area contributed by atoms with Crippen molar-refractivity contribution in [2.75, 3.05) is 27.4 Å². The van der Waals surface area contributed by atoms with Crippen LogP contribution in [0.4, 0.5) is 0 Å². The Balaban J connectivity index is 2.36. The first-order chi connectivity index (χ1) is 7.59. The maximum Gasteiger partial charge on any atom is 0.0623 e. The van der Waals surface area contributed by atoms with Gasteiger partial charge in [-0.2, -0.15) is 0 Å². The number of methoxy groups -OCH3 is 1. The van der Waals surface area contributed by atoms with Crippen molar-refractivity contribution >= 4 is 0 Å². The van der Waals surface area contributed by atoms with Gasteiger partial charge in [-0.1, -0.05) is 0 Å². The zero-order valence-corrected chi connectivity index (χ0v) is 11.2. The molecule has 1 saturated heterocycles. The number of ether oxygens (including phenoxy) is 2. The second kappa shape index (κ2) is 6.58. The summed E-state index contributed by atoms with van der Waals surface area (Å²) in [4.78, 5) is 0. The lowest BCUT2D eigenvalue weighted by Gasteiger charge is -2.32. The quantitative estimate of drug-likeness (QED) is 0.757. The van der Waals surface area contributed by atoms with Gasteiger partial charge in [0.15, 0.2) is 0 Å². The first-order valence-electron chi connectivity index (χ1n) is 6.39. The van der Waals surface area contributed by atoms with Crippen molar-refractivity contribution in [1.82, 2.24) is 5.32 Å². The molecule has 1 heterocycles. The first kappa shape index (κ1) is 13.9. The topological polar surface area (TPSA) is 30.5 Å². The maximum atomic E-state index is 5.47.